The van der Waals surface area contributed by atoms with Crippen molar-refractivity contribution in [3.8, 4) is 28.7 Å². The smallest absolute Gasteiger partial charge is 0.189 e. The van der Waals surface area contributed by atoms with E-state index in [1.807, 2.05) is 39.8 Å². The number of hydrogen-bond donors (Lipinski definition) is 2. The van der Waals surface area contributed by atoms with E-state index in [4.69, 9.17) is 14.5 Å². The van der Waals surface area contributed by atoms with Crippen molar-refractivity contribution in [2.24, 2.45) is 0 Å². The molecule has 2 rings (SSSR count). The van der Waals surface area contributed by atoms with Crippen LogP contribution in [-0.2, 0) is 0 Å². The quantitative estimate of drug-likeness (QED) is 0.591. The Morgan fingerprint density at radius 3 is 2.08 bits per heavy atom. The number of methoxy groups -OCH3 is 1. The largest absolute Gasteiger partial charge is 0.508 e. The molecule has 0 fully saturated rings. The van der Waals surface area contributed by atoms with Crippen molar-refractivity contribution in [1.82, 2.24) is 0 Å². The van der Waals surface area contributed by atoms with Crippen LogP contribution in [0.25, 0.3) is 0 Å². The van der Waals surface area contributed by atoms with Crippen molar-refractivity contribution >= 4 is 0 Å². The first-order valence-corrected chi connectivity index (χ1v) is 7.91. The fourth-order valence-electron chi connectivity index (χ4n) is 2.53. The minimum Gasteiger partial charge on any atom is -0.508 e. The van der Waals surface area contributed by atoms with E-state index in [1.54, 1.807) is 13.2 Å². The number of benzene rings is 2. The Labute approximate surface area is 142 Å². The van der Waals surface area contributed by atoms with Crippen LogP contribution < -0.4 is 14.5 Å². The minimum atomic E-state index is -0.0924. The van der Waals surface area contributed by atoms with Crippen molar-refractivity contribution in [3.05, 3.63) is 41.5 Å². The van der Waals surface area contributed by atoms with Gasteiger partial charge in [0.15, 0.2) is 11.5 Å². The normalized spacial score (nSPS) is 11.0. The van der Waals surface area contributed by atoms with Gasteiger partial charge in [0, 0.05) is 29.3 Å². The van der Waals surface area contributed by atoms with Crippen LogP contribution in [0.2, 0.25) is 0 Å². The first-order chi connectivity index (χ1) is 11.3. The van der Waals surface area contributed by atoms with Gasteiger partial charge in [0.25, 0.3) is 0 Å². The van der Waals surface area contributed by atoms with Crippen molar-refractivity contribution in [2.75, 3.05) is 7.11 Å². The number of ether oxygens (including phenoxy) is 1. The van der Waals surface area contributed by atoms with E-state index in [1.165, 1.54) is 12.1 Å². The van der Waals surface area contributed by atoms with Crippen molar-refractivity contribution in [1.29, 1.82) is 0 Å². The third kappa shape index (κ3) is 3.85. The maximum absolute atomic E-state index is 10.0. The van der Waals surface area contributed by atoms with Gasteiger partial charge < -0.3 is 14.9 Å². The predicted molar refractivity (Wildman–Crippen MR) is 92.2 cm³/mol. The van der Waals surface area contributed by atoms with Gasteiger partial charge in [-0.15, -0.1) is 0 Å². The van der Waals surface area contributed by atoms with Crippen LogP contribution in [-0.4, -0.2) is 17.3 Å². The summed E-state index contributed by atoms with van der Waals surface area (Å²) < 4.78 is 5.23. The van der Waals surface area contributed by atoms with Gasteiger partial charge in [-0.2, -0.15) is 0 Å². The summed E-state index contributed by atoms with van der Waals surface area (Å²) in [5, 5.41) is 19.8. The average Bonchev–Trinajstić information content (AvgIpc) is 2.51. The van der Waals surface area contributed by atoms with Gasteiger partial charge in [0.05, 0.1) is 7.11 Å². The van der Waals surface area contributed by atoms with Gasteiger partial charge in [-0.1, -0.05) is 33.8 Å². The van der Waals surface area contributed by atoms with E-state index in [9.17, 15) is 10.2 Å². The predicted octanol–water partition coefficient (Wildman–Crippen LogP) is 4.73. The number of aromatic hydroxyl groups is 2. The van der Waals surface area contributed by atoms with Gasteiger partial charge in [0.2, 0.25) is 0 Å². The number of phenols is 2. The molecule has 0 aliphatic rings. The third-order valence-electron chi connectivity index (χ3n) is 3.75. The maximum atomic E-state index is 10.0. The maximum Gasteiger partial charge on any atom is 0.189 e. The SMILES string of the molecule is COc1ccc(C(C)C)c(OOc2cc(O)cc(O)c2C(C)C)c1. The molecule has 2 aromatic rings. The van der Waals surface area contributed by atoms with Gasteiger partial charge in [-0.3, -0.25) is 9.78 Å². The lowest BCUT2D eigenvalue weighted by molar-refractivity contribution is -0.102. The monoisotopic (exact) mass is 332 g/mol. The molecule has 0 radical (unpaired) electrons. The molecule has 2 aromatic carbocycles. The summed E-state index contributed by atoms with van der Waals surface area (Å²) in [7, 11) is 1.58. The van der Waals surface area contributed by atoms with E-state index < -0.39 is 0 Å². The summed E-state index contributed by atoms with van der Waals surface area (Å²) in [4.78, 5) is 11.0. The van der Waals surface area contributed by atoms with Gasteiger partial charge in [0.1, 0.15) is 17.2 Å². The highest BCUT2D eigenvalue weighted by Gasteiger charge is 2.18. The van der Waals surface area contributed by atoms with E-state index in [0.717, 1.165) is 5.56 Å². The number of phenolic OH excluding ortho intramolecular Hbond substituents is 2. The zero-order chi connectivity index (χ0) is 17.9. The van der Waals surface area contributed by atoms with Crippen LogP contribution in [0.3, 0.4) is 0 Å². The van der Waals surface area contributed by atoms with Gasteiger partial charge >= 0.3 is 0 Å². The highest BCUT2D eigenvalue weighted by molar-refractivity contribution is 5.51. The number of hydrogen-bond acceptors (Lipinski definition) is 5. The lowest BCUT2D eigenvalue weighted by atomic mass is 10.0. The van der Waals surface area contributed by atoms with Crippen molar-refractivity contribution in [2.45, 2.75) is 39.5 Å². The van der Waals surface area contributed by atoms with Crippen LogP contribution in [0.1, 0.15) is 50.7 Å². The van der Waals surface area contributed by atoms with Gasteiger partial charge in [-0.25, -0.2) is 0 Å². The summed E-state index contributed by atoms with van der Waals surface area (Å²) in [6.07, 6.45) is 0. The Morgan fingerprint density at radius 1 is 0.833 bits per heavy atom. The molecule has 0 saturated carbocycles. The Kier molecular flexibility index (Phi) is 5.44. The fraction of sp³-hybridized carbons (Fsp3) is 0.368. The summed E-state index contributed by atoms with van der Waals surface area (Å²) >= 11 is 0. The van der Waals surface area contributed by atoms with Crippen LogP contribution in [0, 0.1) is 0 Å². The second-order valence-corrected chi connectivity index (χ2v) is 6.26. The third-order valence-corrected chi connectivity index (χ3v) is 3.75. The first kappa shape index (κ1) is 17.8. The van der Waals surface area contributed by atoms with Crippen molar-refractivity contribution in [3.63, 3.8) is 0 Å². The molecule has 0 aliphatic carbocycles. The molecule has 5 nitrogen and oxygen atoms in total. The molecule has 0 aromatic heterocycles. The molecule has 0 amide bonds. The van der Waals surface area contributed by atoms with Crippen molar-refractivity contribution < 1.29 is 24.7 Å². The molecule has 0 bridgehead atoms. The fourth-order valence-corrected chi connectivity index (χ4v) is 2.53. The van der Waals surface area contributed by atoms with Gasteiger partial charge in [-0.05, 0) is 17.9 Å². The zero-order valence-electron chi connectivity index (χ0n) is 14.7. The standard InChI is InChI=1S/C19H24O5/c1-11(2)15-7-6-14(22-5)10-17(15)23-24-18-9-13(20)8-16(21)19(18)12(3)4/h6-12,20-21H,1-5H3. The molecule has 2 N–H and O–H groups in total. The number of rotatable bonds is 6. The molecule has 0 saturated heterocycles. The molecule has 0 atom stereocenters. The summed E-state index contributed by atoms with van der Waals surface area (Å²) in [5.74, 6) is 1.57. The Morgan fingerprint density at radius 2 is 1.50 bits per heavy atom. The van der Waals surface area contributed by atoms with E-state index >= 15 is 0 Å². The first-order valence-electron chi connectivity index (χ1n) is 7.91. The lowest BCUT2D eigenvalue weighted by Gasteiger charge is -2.17. The summed E-state index contributed by atoms with van der Waals surface area (Å²) in [6, 6.07) is 8.23. The summed E-state index contributed by atoms with van der Waals surface area (Å²) in [6.45, 7) is 7.94. The van der Waals surface area contributed by atoms with Crippen LogP contribution >= 0.6 is 0 Å². The Hall–Kier alpha value is -2.56. The molecular weight excluding hydrogens is 308 g/mol. The van der Waals surface area contributed by atoms with Crippen LogP contribution in [0.5, 0.6) is 28.7 Å². The highest BCUT2D eigenvalue weighted by atomic mass is 17.2. The van der Waals surface area contributed by atoms with E-state index in [2.05, 4.69) is 0 Å². The topological polar surface area (TPSA) is 68.2 Å². The second-order valence-electron chi connectivity index (χ2n) is 6.26. The average molecular weight is 332 g/mol. The molecule has 0 unspecified atom stereocenters. The molecule has 0 heterocycles. The molecule has 5 heteroatoms. The van der Waals surface area contributed by atoms with Crippen LogP contribution in [0.4, 0.5) is 0 Å². The molecule has 130 valence electrons. The lowest BCUT2D eigenvalue weighted by Crippen LogP contribution is -2.07. The second kappa shape index (κ2) is 7.34. The molecular formula is C19H24O5. The van der Waals surface area contributed by atoms with E-state index in [-0.39, 0.29) is 29.1 Å². The molecule has 24 heavy (non-hydrogen) atoms. The Bertz CT molecular complexity index is 707. The Balaban J connectivity index is 2.34. The zero-order valence-corrected chi connectivity index (χ0v) is 14.7. The van der Waals surface area contributed by atoms with Crippen LogP contribution in [0.15, 0.2) is 30.3 Å². The molecule has 0 spiro atoms. The summed E-state index contributed by atoms with van der Waals surface area (Å²) in [5.41, 5.74) is 1.54. The minimum absolute atomic E-state index is 0.000853. The highest BCUT2D eigenvalue weighted by Crippen LogP contribution is 2.39. The van der Waals surface area contributed by atoms with E-state index in [0.29, 0.717) is 17.1 Å². The molecule has 0 aliphatic heterocycles.